The van der Waals surface area contributed by atoms with Gasteiger partial charge < -0.3 is 15.5 Å². The Labute approximate surface area is 160 Å². The molecule has 0 aliphatic heterocycles. The molecule has 144 valence electrons. The third kappa shape index (κ3) is 3.06. The van der Waals surface area contributed by atoms with Crippen LogP contribution in [0.3, 0.4) is 0 Å². The van der Waals surface area contributed by atoms with Crippen LogP contribution in [0.25, 0.3) is 11.1 Å². The lowest BCUT2D eigenvalue weighted by molar-refractivity contribution is 0.0998. The number of hydrogen-bond donors (Lipinski definition) is 2. The maximum Gasteiger partial charge on any atom is 0.265 e. The van der Waals surface area contributed by atoms with Crippen LogP contribution < -0.4 is 16.6 Å². The predicted molar refractivity (Wildman–Crippen MR) is 103 cm³/mol. The van der Waals surface area contributed by atoms with Crippen molar-refractivity contribution in [1.82, 2.24) is 9.55 Å². The standard InChI is InChI=1S/C20H20N4O4/c1-11-15(18(26)23-13-8-6-12(7-9-13)17(21)25)16-19(28-11)22-10-24(20(16)27)14-4-2-3-5-14/h6-10,14H,2-5H2,1H3,(H2,21,25)(H,23,26). The number of primary amides is 1. The van der Waals surface area contributed by atoms with E-state index < -0.39 is 11.8 Å². The average Bonchev–Trinajstić information content (AvgIpc) is 3.30. The lowest BCUT2D eigenvalue weighted by atomic mass is 10.1. The molecule has 2 amide bonds. The molecule has 3 N–H and O–H groups in total. The number of aryl methyl sites for hydroxylation is 1. The number of benzene rings is 1. The molecular formula is C20H20N4O4. The molecule has 4 rings (SSSR count). The summed E-state index contributed by atoms with van der Waals surface area (Å²) in [6.45, 7) is 1.63. The Morgan fingerprint density at radius 3 is 2.54 bits per heavy atom. The van der Waals surface area contributed by atoms with Gasteiger partial charge >= 0.3 is 0 Å². The van der Waals surface area contributed by atoms with E-state index in [9.17, 15) is 14.4 Å². The molecule has 8 heteroatoms. The van der Waals surface area contributed by atoms with Gasteiger partial charge in [0, 0.05) is 17.3 Å². The number of amides is 2. The van der Waals surface area contributed by atoms with Gasteiger partial charge in [-0.25, -0.2) is 4.98 Å². The van der Waals surface area contributed by atoms with Gasteiger partial charge in [-0.3, -0.25) is 19.0 Å². The highest BCUT2D eigenvalue weighted by Gasteiger charge is 2.26. The number of rotatable bonds is 4. The summed E-state index contributed by atoms with van der Waals surface area (Å²) in [5.41, 5.74) is 6.12. The largest absolute Gasteiger partial charge is 0.442 e. The number of anilines is 1. The molecule has 0 radical (unpaired) electrons. The second kappa shape index (κ2) is 6.95. The maximum absolute atomic E-state index is 13.1. The first-order valence-corrected chi connectivity index (χ1v) is 9.17. The lowest BCUT2D eigenvalue weighted by Gasteiger charge is -2.12. The average molecular weight is 380 g/mol. The summed E-state index contributed by atoms with van der Waals surface area (Å²) in [4.78, 5) is 41.4. The lowest BCUT2D eigenvalue weighted by Crippen LogP contribution is -2.25. The molecule has 2 aromatic heterocycles. The summed E-state index contributed by atoms with van der Waals surface area (Å²) < 4.78 is 7.17. The van der Waals surface area contributed by atoms with E-state index in [4.69, 9.17) is 10.2 Å². The quantitative estimate of drug-likeness (QED) is 0.721. The van der Waals surface area contributed by atoms with E-state index in [0.717, 1.165) is 25.7 Å². The molecule has 0 unspecified atom stereocenters. The van der Waals surface area contributed by atoms with Crippen LogP contribution in [0.4, 0.5) is 5.69 Å². The number of hydrogen-bond acceptors (Lipinski definition) is 5. The highest BCUT2D eigenvalue weighted by atomic mass is 16.3. The van der Waals surface area contributed by atoms with Crippen LogP contribution in [0.15, 0.2) is 39.8 Å². The molecule has 0 saturated heterocycles. The molecule has 1 aliphatic carbocycles. The zero-order valence-electron chi connectivity index (χ0n) is 15.4. The third-order valence-corrected chi connectivity index (χ3v) is 5.19. The number of fused-ring (bicyclic) bond motifs is 1. The topological polar surface area (TPSA) is 120 Å². The van der Waals surface area contributed by atoms with Crippen LogP contribution in [0.1, 0.15) is 58.2 Å². The SMILES string of the molecule is Cc1oc2ncn(C3CCCC3)c(=O)c2c1C(=O)Nc1ccc(C(N)=O)cc1. The number of aromatic nitrogens is 2. The van der Waals surface area contributed by atoms with Gasteiger partial charge in [-0.05, 0) is 44.0 Å². The van der Waals surface area contributed by atoms with Gasteiger partial charge in [0.25, 0.3) is 11.5 Å². The van der Waals surface area contributed by atoms with Crippen molar-refractivity contribution in [2.75, 3.05) is 5.32 Å². The number of nitrogens with two attached hydrogens (primary N) is 1. The fraction of sp³-hybridized carbons (Fsp3) is 0.300. The van der Waals surface area contributed by atoms with Crippen LogP contribution in [-0.4, -0.2) is 21.4 Å². The molecule has 0 bridgehead atoms. The molecule has 28 heavy (non-hydrogen) atoms. The van der Waals surface area contributed by atoms with E-state index in [1.807, 2.05) is 0 Å². The van der Waals surface area contributed by atoms with Crippen molar-refractivity contribution in [2.24, 2.45) is 5.73 Å². The zero-order chi connectivity index (χ0) is 19.8. The molecule has 2 heterocycles. The smallest absolute Gasteiger partial charge is 0.265 e. The molecular weight excluding hydrogens is 360 g/mol. The number of nitrogens with zero attached hydrogens (tertiary/aromatic N) is 2. The van der Waals surface area contributed by atoms with Crippen molar-refractivity contribution in [3.05, 3.63) is 57.8 Å². The first kappa shape index (κ1) is 18.0. The third-order valence-electron chi connectivity index (χ3n) is 5.19. The minimum absolute atomic E-state index is 0.108. The molecule has 1 aliphatic rings. The van der Waals surface area contributed by atoms with Crippen molar-refractivity contribution in [3.8, 4) is 0 Å². The monoisotopic (exact) mass is 380 g/mol. The number of carbonyl (C=O) groups is 2. The van der Waals surface area contributed by atoms with Gasteiger partial charge in [0.2, 0.25) is 11.6 Å². The molecule has 8 nitrogen and oxygen atoms in total. The zero-order valence-corrected chi connectivity index (χ0v) is 15.4. The highest BCUT2D eigenvalue weighted by molar-refractivity contribution is 6.12. The minimum Gasteiger partial charge on any atom is -0.442 e. The first-order chi connectivity index (χ1) is 13.5. The summed E-state index contributed by atoms with van der Waals surface area (Å²) in [5, 5.41) is 2.93. The Morgan fingerprint density at radius 1 is 1.21 bits per heavy atom. The van der Waals surface area contributed by atoms with Gasteiger partial charge in [-0.15, -0.1) is 0 Å². The van der Waals surface area contributed by atoms with Crippen LogP contribution in [0.5, 0.6) is 0 Å². The summed E-state index contributed by atoms with van der Waals surface area (Å²) in [7, 11) is 0. The van der Waals surface area contributed by atoms with Gasteiger partial charge in [-0.2, -0.15) is 0 Å². The van der Waals surface area contributed by atoms with Gasteiger partial charge in [0.15, 0.2) is 0 Å². The van der Waals surface area contributed by atoms with Crippen molar-refractivity contribution in [3.63, 3.8) is 0 Å². The van der Waals surface area contributed by atoms with Crippen molar-refractivity contribution >= 4 is 28.6 Å². The van der Waals surface area contributed by atoms with E-state index in [-0.39, 0.29) is 28.3 Å². The fourth-order valence-corrected chi connectivity index (χ4v) is 3.74. The van der Waals surface area contributed by atoms with E-state index in [2.05, 4.69) is 10.3 Å². The Hall–Kier alpha value is -3.42. The van der Waals surface area contributed by atoms with Crippen LogP contribution >= 0.6 is 0 Å². The molecule has 0 atom stereocenters. The normalized spacial score (nSPS) is 14.5. The molecule has 1 aromatic carbocycles. The number of carbonyl (C=O) groups excluding carboxylic acids is 2. The first-order valence-electron chi connectivity index (χ1n) is 9.17. The van der Waals surface area contributed by atoms with E-state index in [0.29, 0.717) is 17.0 Å². The second-order valence-corrected chi connectivity index (χ2v) is 7.00. The molecule has 1 fully saturated rings. The predicted octanol–water partition coefficient (Wildman–Crippen LogP) is 2.76. The second-order valence-electron chi connectivity index (χ2n) is 7.00. The van der Waals surface area contributed by atoms with Crippen LogP contribution in [0, 0.1) is 6.92 Å². The maximum atomic E-state index is 13.1. The number of furan rings is 1. The Bertz CT molecular complexity index is 1120. The number of nitrogens with one attached hydrogen (secondary N) is 1. The molecule has 3 aromatic rings. The van der Waals surface area contributed by atoms with Gasteiger partial charge in [0.05, 0.1) is 5.56 Å². The summed E-state index contributed by atoms with van der Waals surface area (Å²) >= 11 is 0. The minimum atomic E-state index is -0.548. The van der Waals surface area contributed by atoms with Crippen molar-refractivity contribution in [1.29, 1.82) is 0 Å². The van der Waals surface area contributed by atoms with Crippen molar-refractivity contribution in [2.45, 2.75) is 38.6 Å². The van der Waals surface area contributed by atoms with E-state index >= 15 is 0 Å². The highest BCUT2D eigenvalue weighted by Crippen LogP contribution is 2.29. The van der Waals surface area contributed by atoms with Gasteiger partial charge in [0.1, 0.15) is 17.5 Å². The fourth-order valence-electron chi connectivity index (χ4n) is 3.74. The van der Waals surface area contributed by atoms with E-state index in [1.54, 1.807) is 23.6 Å². The summed E-state index contributed by atoms with van der Waals surface area (Å²) in [6, 6.07) is 6.30. The molecule has 0 spiro atoms. The van der Waals surface area contributed by atoms with Crippen molar-refractivity contribution < 1.29 is 14.0 Å². The van der Waals surface area contributed by atoms with Crippen LogP contribution in [-0.2, 0) is 0 Å². The Kier molecular flexibility index (Phi) is 4.46. The summed E-state index contributed by atoms with van der Waals surface area (Å²) in [5.74, 6) is -0.686. The van der Waals surface area contributed by atoms with Crippen LogP contribution in [0.2, 0.25) is 0 Å². The summed E-state index contributed by atoms with van der Waals surface area (Å²) in [6.07, 6.45) is 5.52. The van der Waals surface area contributed by atoms with Gasteiger partial charge in [-0.1, -0.05) is 12.8 Å². The Balaban J connectivity index is 1.71. The van der Waals surface area contributed by atoms with E-state index in [1.165, 1.54) is 18.5 Å². The molecule has 1 saturated carbocycles. The Morgan fingerprint density at radius 2 is 1.89 bits per heavy atom.